The van der Waals surface area contributed by atoms with Crippen LogP contribution in [0.1, 0.15) is 54.9 Å². The van der Waals surface area contributed by atoms with E-state index in [4.69, 9.17) is 4.52 Å². The maximum atomic E-state index is 13.5. The third-order valence-corrected chi connectivity index (χ3v) is 7.27. The third-order valence-electron chi connectivity index (χ3n) is 5.30. The van der Waals surface area contributed by atoms with Crippen molar-refractivity contribution in [3.63, 3.8) is 0 Å². The first-order valence-electron chi connectivity index (χ1n) is 10.6. The van der Waals surface area contributed by atoms with Gasteiger partial charge < -0.3 is 19.8 Å². The Kier molecular flexibility index (Phi) is 6.11. The second-order valence-electron chi connectivity index (χ2n) is 10.2. The van der Waals surface area contributed by atoms with Crippen molar-refractivity contribution in [1.29, 1.82) is 0 Å². The molecule has 2 N–H and O–H groups in total. The summed E-state index contributed by atoms with van der Waals surface area (Å²) < 4.78 is 23.3. The number of anilines is 1. The molecule has 0 aromatic carbocycles. The highest BCUT2D eigenvalue weighted by molar-refractivity contribution is 7.66. The number of aromatic nitrogens is 1. The van der Waals surface area contributed by atoms with Crippen LogP contribution in [-0.4, -0.2) is 45.9 Å². The summed E-state index contributed by atoms with van der Waals surface area (Å²) in [4.78, 5) is 19.4. The van der Waals surface area contributed by atoms with E-state index < -0.39 is 19.0 Å². The number of hydrogen-bond donors (Lipinski definition) is 2. The zero-order valence-corrected chi connectivity index (χ0v) is 20.3. The number of amides is 1. The Bertz CT molecular complexity index is 988. The van der Waals surface area contributed by atoms with Crippen molar-refractivity contribution in [3.8, 4) is 0 Å². The fraction of sp³-hybridized carbons (Fsp3) is 0.591. The maximum Gasteiger partial charge on any atom is 0.366 e. The number of nitrogens with zero attached hydrogens (tertiary/aromatic N) is 3. The van der Waals surface area contributed by atoms with Gasteiger partial charge in [0.2, 0.25) is 0 Å². The second kappa shape index (κ2) is 8.06. The van der Waals surface area contributed by atoms with Crippen LogP contribution in [0.25, 0.3) is 0 Å². The number of hydrogen-bond acceptors (Lipinski definition) is 6. The van der Waals surface area contributed by atoms with E-state index in [1.165, 1.54) is 6.20 Å². The highest BCUT2D eigenvalue weighted by atomic mass is 31.2. The normalized spacial score (nSPS) is 24.2. The summed E-state index contributed by atoms with van der Waals surface area (Å²) in [5.74, 6) is -0.330. The Hall–Kier alpha value is -2.18. The Morgan fingerprint density at radius 2 is 1.94 bits per heavy atom. The van der Waals surface area contributed by atoms with Crippen LogP contribution in [0.4, 0.5) is 5.69 Å². The van der Waals surface area contributed by atoms with Gasteiger partial charge in [-0.2, -0.15) is 4.76 Å². The Labute approximate surface area is 184 Å². The summed E-state index contributed by atoms with van der Waals surface area (Å²) in [5.41, 5.74) is 0.332. The number of carbonyl (C=O) groups excluding carboxylic acids is 1. The van der Waals surface area contributed by atoms with E-state index in [2.05, 4.69) is 35.8 Å². The molecule has 8 nitrogen and oxygen atoms in total. The van der Waals surface area contributed by atoms with Crippen molar-refractivity contribution in [2.24, 2.45) is 15.6 Å². The SMILES string of the molecule is CCOP1(=O)N=C(C2=C(O)C(C(C)(C)C)N(CCC(C)(C)C)C2=O)Nc2cccnc21. The third kappa shape index (κ3) is 4.55. The molecule has 0 saturated carbocycles. The standard InChI is InChI=1S/C22H33N4O4P/c1-8-30-31(29)19-14(10-9-12-23-19)24-18(25-31)15-16(27)17(22(5,6)7)26(20(15)28)13-11-21(2,3)4/h9-10,12,17,27H,8,11,13H2,1-7H3,(H,24,25,29). The minimum absolute atomic E-state index is 0.0248. The van der Waals surface area contributed by atoms with Gasteiger partial charge in [0, 0.05) is 12.7 Å². The van der Waals surface area contributed by atoms with Gasteiger partial charge in [-0.05, 0) is 36.3 Å². The molecule has 0 fully saturated rings. The average Bonchev–Trinajstić information content (AvgIpc) is 2.89. The summed E-state index contributed by atoms with van der Waals surface area (Å²) in [6.07, 6.45) is 2.30. The zero-order valence-electron chi connectivity index (χ0n) is 19.4. The molecule has 2 aliphatic rings. The molecule has 170 valence electrons. The number of rotatable bonds is 5. The van der Waals surface area contributed by atoms with Gasteiger partial charge in [-0.3, -0.25) is 9.36 Å². The molecular formula is C22H33N4O4P. The lowest BCUT2D eigenvalue weighted by molar-refractivity contribution is -0.128. The quantitative estimate of drug-likeness (QED) is 0.652. The van der Waals surface area contributed by atoms with Gasteiger partial charge >= 0.3 is 7.52 Å². The average molecular weight is 449 g/mol. The van der Waals surface area contributed by atoms with Crippen molar-refractivity contribution >= 4 is 30.4 Å². The smallest absolute Gasteiger partial charge is 0.366 e. The minimum Gasteiger partial charge on any atom is -0.509 e. The minimum atomic E-state index is -3.69. The van der Waals surface area contributed by atoms with Crippen molar-refractivity contribution in [1.82, 2.24) is 9.88 Å². The second-order valence-corrected chi connectivity index (χ2v) is 12.1. The maximum absolute atomic E-state index is 13.5. The number of nitrogens with one attached hydrogen (secondary N) is 1. The summed E-state index contributed by atoms with van der Waals surface area (Å²) in [7, 11) is -3.69. The number of amidine groups is 1. The largest absolute Gasteiger partial charge is 0.509 e. The molecule has 0 radical (unpaired) electrons. The van der Waals surface area contributed by atoms with E-state index >= 15 is 0 Å². The van der Waals surface area contributed by atoms with Crippen LogP contribution in [0, 0.1) is 10.8 Å². The molecule has 1 aromatic heterocycles. The number of carbonyl (C=O) groups is 1. The topological polar surface area (TPSA) is 104 Å². The lowest BCUT2D eigenvalue weighted by Gasteiger charge is -2.36. The lowest BCUT2D eigenvalue weighted by Crippen LogP contribution is -2.45. The molecule has 3 heterocycles. The van der Waals surface area contributed by atoms with Gasteiger partial charge in [-0.15, -0.1) is 0 Å². The molecule has 1 aromatic rings. The molecular weight excluding hydrogens is 415 g/mol. The first-order chi connectivity index (χ1) is 14.3. The van der Waals surface area contributed by atoms with Gasteiger partial charge in [0.25, 0.3) is 5.91 Å². The van der Waals surface area contributed by atoms with E-state index in [0.717, 1.165) is 6.42 Å². The number of fused-ring (bicyclic) bond motifs is 1. The van der Waals surface area contributed by atoms with Crippen molar-refractivity contribution < 1.29 is 19.0 Å². The molecule has 0 aliphatic carbocycles. The first-order valence-corrected chi connectivity index (χ1v) is 12.2. The number of aliphatic hydroxyl groups is 1. The van der Waals surface area contributed by atoms with Crippen molar-refractivity contribution in [2.45, 2.75) is 60.9 Å². The fourth-order valence-electron chi connectivity index (χ4n) is 3.87. The van der Waals surface area contributed by atoms with Crippen LogP contribution < -0.4 is 10.8 Å². The molecule has 2 unspecified atom stereocenters. The zero-order chi connectivity index (χ0) is 23.2. The molecule has 9 heteroatoms. The van der Waals surface area contributed by atoms with Crippen LogP contribution >= 0.6 is 7.52 Å². The molecule has 0 saturated heterocycles. The predicted molar refractivity (Wildman–Crippen MR) is 123 cm³/mol. The number of pyridine rings is 1. The van der Waals surface area contributed by atoms with Gasteiger partial charge in [0.1, 0.15) is 11.3 Å². The monoisotopic (exact) mass is 448 g/mol. The molecule has 3 rings (SSSR count). The van der Waals surface area contributed by atoms with Crippen LogP contribution in [-0.2, 0) is 13.9 Å². The Balaban J connectivity index is 2.08. The summed E-state index contributed by atoms with van der Waals surface area (Å²) in [6, 6.07) is 2.89. The van der Waals surface area contributed by atoms with Crippen LogP contribution in [0.3, 0.4) is 0 Å². The van der Waals surface area contributed by atoms with E-state index in [1.54, 1.807) is 24.0 Å². The van der Waals surface area contributed by atoms with E-state index in [9.17, 15) is 14.5 Å². The van der Waals surface area contributed by atoms with Gasteiger partial charge in [-0.1, -0.05) is 41.5 Å². The van der Waals surface area contributed by atoms with E-state index in [0.29, 0.717) is 12.2 Å². The van der Waals surface area contributed by atoms with Crippen molar-refractivity contribution in [3.05, 3.63) is 29.7 Å². The summed E-state index contributed by atoms with van der Waals surface area (Å²) >= 11 is 0. The van der Waals surface area contributed by atoms with Crippen molar-refractivity contribution in [2.75, 3.05) is 18.5 Å². The first kappa shape index (κ1) is 23.5. The van der Waals surface area contributed by atoms with E-state index in [-0.39, 0.29) is 40.5 Å². The Morgan fingerprint density at radius 1 is 1.26 bits per heavy atom. The van der Waals surface area contributed by atoms with Gasteiger partial charge in [0.05, 0.1) is 18.3 Å². The predicted octanol–water partition coefficient (Wildman–Crippen LogP) is 4.27. The molecule has 2 atom stereocenters. The molecule has 2 aliphatic heterocycles. The Morgan fingerprint density at radius 3 is 2.52 bits per heavy atom. The van der Waals surface area contributed by atoms with Crippen LogP contribution in [0.2, 0.25) is 0 Å². The molecule has 31 heavy (non-hydrogen) atoms. The van der Waals surface area contributed by atoms with E-state index in [1.807, 2.05) is 20.8 Å². The van der Waals surface area contributed by atoms with Crippen LogP contribution in [0.15, 0.2) is 34.4 Å². The molecule has 1 amide bonds. The van der Waals surface area contributed by atoms with Gasteiger partial charge in [-0.25, -0.2) is 4.98 Å². The highest BCUT2D eigenvalue weighted by Crippen LogP contribution is 2.51. The molecule has 0 bridgehead atoms. The fourth-order valence-corrected chi connectivity index (χ4v) is 5.56. The lowest BCUT2D eigenvalue weighted by atomic mass is 9.84. The number of aliphatic hydroxyl groups excluding tert-OH is 1. The summed E-state index contributed by atoms with van der Waals surface area (Å²) in [5, 5.41) is 14.3. The molecule has 0 spiro atoms. The van der Waals surface area contributed by atoms with Crippen LogP contribution in [0.5, 0.6) is 0 Å². The van der Waals surface area contributed by atoms with Gasteiger partial charge in [0.15, 0.2) is 11.3 Å². The highest BCUT2D eigenvalue weighted by Gasteiger charge is 2.48. The summed E-state index contributed by atoms with van der Waals surface area (Å²) in [6.45, 7) is 14.7.